The molecule has 0 aliphatic heterocycles. The lowest BCUT2D eigenvalue weighted by molar-refractivity contribution is -0.0575. The van der Waals surface area contributed by atoms with Crippen molar-refractivity contribution in [3.63, 3.8) is 0 Å². The van der Waals surface area contributed by atoms with E-state index in [4.69, 9.17) is 18.9 Å². The van der Waals surface area contributed by atoms with Gasteiger partial charge in [0.05, 0.1) is 25.8 Å². The Labute approximate surface area is 217 Å². The number of pyridine rings is 2. The molecule has 8 nitrogen and oxygen atoms in total. The van der Waals surface area contributed by atoms with Crippen molar-refractivity contribution in [2.45, 2.75) is 45.6 Å². The lowest BCUT2D eigenvalue weighted by Crippen LogP contribution is -2.27. The minimum atomic E-state index is -1.18. The maximum absolute atomic E-state index is 14.0. The molecule has 3 aromatic rings. The molecule has 0 N–H and O–H groups in total. The third kappa shape index (κ3) is 7.24. The van der Waals surface area contributed by atoms with Gasteiger partial charge in [-0.2, -0.15) is 0 Å². The van der Waals surface area contributed by atoms with E-state index in [1.54, 1.807) is 26.2 Å². The molecule has 0 fully saturated rings. The second kappa shape index (κ2) is 12.4. The van der Waals surface area contributed by atoms with Crippen LogP contribution in [0.2, 0.25) is 25.7 Å². The highest BCUT2D eigenvalue weighted by atomic mass is 28.3. The predicted molar refractivity (Wildman–Crippen MR) is 142 cm³/mol. The van der Waals surface area contributed by atoms with E-state index in [0.29, 0.717) is 29.6 Å². The Morgan fingerprint density at radius 2 is 1.89 bits per heavy atom. The van der Waals surface area contributed by atoms with Crippen LogP contribution in [0.3, 0.4) is 0 Å². The van der Waals surface area contributed by atoms with E-state index < -0.39 is 19.6 Å². The van der Waals surface area contributed by atoms with Gasteiger partial charge in [0, 0.05) is 27.9 Å². The number of aryl methyl sites for hydroxylation is 1. The fourth-order valence-electron chi connectivity index (χ4n) is 3.87. The van der Waals surface area contributed by atoms with Crippen LogP contribution >= 0.6 is 0 Å². The molecule has 2 aromatic heterocycles. The third-order valence-electron chi connectivity index (χ3n) is 5.91. The first kappa shape index (κ1) is 28.5. The van der Waals surface area contributed by atoms with E-state index in [-0.39, 0.29) is 37.1 Å². The molecule has 2 heterocycles. The number of fused-ring (bicyclic) bond motifs is 1. The first-order valence-electron chi connectivity index (χ1n) is 12.2. The van der Waals surface area contributed by atoms with Gasteiger partial charge >= 0.3 is 5.97 Å². The number of nitrogens with zero attached hydrogens (tertiary/aromatic N) is 2. The summed E-state index contributed by atoms with van der Waals surface area (Å²) in [6.07, 6.45) is 2.09. The summed E-state index contributed by atoms with van der Waals surface area (Å²) in [7, 11) is 1.77. The summed E-state index contributed by atoms with van der Waals surface area (Å²) < 4.78 is 37.1. The molecule has 0 spiro atoms. The van der Waals surface area contributed by atoms with Crippen LogP contribution in [0.25, 0.3) is 11.0 Å². The minimum absolute atomic E-state index is 0.0769. The molecule has 0 saturated carbocycles. The molecule has 0 unspecified atom stereocenters. The number of hydrogen-bond donors (Lipinski definition) is 0. The van der Waals surface area contributed by atoms with Gasteiger partial charge < -0.3 is 23.5 Å². The Bertz CT molecular complexity index is 1320. The maximum Gasteiger partial charge on any atom is 0.347 e. The number of ether oxygens (including phenoxy) is 4. The topological polar surface area (TPSA) is 88.9 Å². The average molecular weight is 531 g/mol. The Balaban J connectivity index is 1.84. The van der Waals surface area contributed by atoms with Gasteiger partial charge in [0.25, 0.3) is 5.56 Å². The molecule has 200 valence electrons. The Morgan fingerprint density at radius 3 is 2.57 bits per heavy atom. The number of rotatable bonds is 12. The number of carbonyl (C=O) groups excluding carboxylic acids is 1. The fraction of sp³-hybridized carbons (Fsp3) is 0.444. The zero-order chi connectivity index (χ0) is 27.2. The van der Waals surface area contributed by atoms with Gasteiger partial charge in [-0.15, -0.1) is 0 Å². The van der Waals surface area contributed by atoms with Crippen LogP contribution in [0, 0.1) is 5.82 Å². The van der Waals surface area contributed by atoms with Gasteiger partial charge in [-0.1, -0.05) is 25.7 Å². The molecule has 0 aliphatic carbocycles. The largest absolute Gasteiger partial charge is 0.493 e. The van der Waals surface area contributed by atoms with E-state index in [1.165, 1.54) is 23.8 Å². The van der Waals surface area contributed by atoms with Crippen molar-refractivity contribution in [2.75, 3.05) is 27.1 Å². The second-order valence-electron chi connectivity index (χ2n) is 9.98. The lowest BCUT2D eigenvalue weighted by atomic mass is 10.0. The molecule has 10 heteroatoms. The van der Waals surface area contributed by atoms with E-state index in [2.05, 4.69) is 24.6 Å². The van der Waals surface area contributed by atoms with E-state index in [9.17, 15) is 14.0 Å². The van der Waals surface area contributed by atoms with Gasteiger partial charge in [-0.25, -0.2) is 9.18 Å². The summed E-state index contributed by atoms with van der Waals surface area (Å²) in [5.41, 5.74) is 2.52. The van der Waals surface area contributed by atoms with Crippen LogP contribution in [0.5, 0.6) is 5.75 Å². The zero-order valence-corrected chi connectivity index (χ0v) is 23.4. The van der Waals surface area contributed by atoms with E-state index in [1.807, 2.05) is 6.07 Å². The Morgan fingerprint density at radius 1 is 1.14 bits per heavy atom. The average Bonchev–Trinajstić information content (AvgIpc) is 2.84. The molecule has 1 aromatic carbocycles. The summed E-state index contributed by atoms with van der Waals surface area (Å²) in [6.45, 7) is 9.63. The number of methoxy groups -OCH3 is 1. The molecule has 0 saturated heterocycles. The van der Waals surface area contributed by atoms with Crippen molar-refractivity contribution in [1.29, 1.82) is 0 Å². The van der Waals surface area contributed by atoms with Gasteiger partial charge in [-0.3, -0.25) is 9.78 Å². The minimum Gasteiger partial charge on any atom is -0.493 e. The van der Waals surface area contributed by atoms with Crippen LogP contribution in [0.1, 0.15) is 34.0 Å². The van der Waals surface area contributed by atoms with Crippen LogP contribution in [0.15, 0.2) is 35.3 Å². The van der Waals surface area contributed by atoms with Crippen molar-refractivity contribution in [3.8, 4) is 5.75 Å². The molecule has 0 radical (unpaired) electrons. The number of benzene rings is 1. The summed E-state index contributed by atoms with van der Waals surface area (Å²) in [5.74, 6) is -1.03. The third-order valence-corrected chi connectivity index (χ3v) is 7.62. The normalized spacial score (nSPS) is 11.6. The van der Waals surface area contributed by atoms with Crippen LogP contribution < -0.4 is 10.3 Å². The van der Waals surface area contributed by atoms with E-state index >= 15 is 0 Å². The molecule has 37 heavy (non-hydrogen) atoms. The number of carbonyl (C=O) groups is 1. The fourth-order valence-corrected chi connectivity index (χ4v) is 4.62. The molecule has 0 atom stereocenters. The van der Waals surface area contributed by atoms with Crippen molar-refractivity contribution < 1.29 is 28.1 Å². The maximum atomic E-state index is 14.0. The molecule has 0 amide bonds. The lowest BCUT2D eigenvalue weighted by Gasteiger charge is -2.16. The predicted octanol–water partition coefficient (Wildman–Crippen LogP) is 4.68. The number of halogens is 1. The van der Waals surface area contributed by atoms with Crippen molar-refractivity contribution in [2.24, 2.45) is 7.05 Å². The van der Waals surface area contributed by atoms with Crippen LogP contribution in [0.4, 0.5) is 4.39 Å². The van der Waals surface area contributed by atoms with Crippen molar-refractivity contribution in [3.05, 3.63) is 68.9 Å². The SMILES string of the molecule is CCOC(=O)c1c(OC)c2ncc(Cc3ccc(F)cc3COCOCC[Si](C)(C)C)cc2n(C)c1=O. The van der Waals surface area contributed by atoms with Crippen LogP contribution in [-0.2, 0) is 34.3 Å². The number of aromatic nitrogens is 2. The Hall–Kier alpha value is -3.08. The summed E-state index contributed by atoms with van der Waals surface area (Å²) in [5, 5.41) is 0. The van der Waals surface area contributed by atoms with E-state index in [0.717, 1.165) is 17.2 Å². The molecule has 0 bridgehead atoms. The molecule has 3 rings (SSSR count). The Kier molecular flexibility index (Phi) is 9.58. The smallest absolute Gasteiger partial charge is 0.347 e. The molecule has 0 aliphatic rings. The van der Waals surface area contributed by atoms with Gasteiger partial charge in [0.1, 0.15) is 18.1 Å². The summed E-state index contributed by atoms with van der Waals surface area (Å²) >= 11 is 0. The number of esters is 1. The van der Waals surface area contributed by atoms with Gasteiger partial charge in [0.2, 0.25) is 0 Å². The zero-order valence-electron chi connectivity index (χ0n) is 22.4. The monoisotopic (exact) mass is 530 g/mol. The van der Waals surface area contributed by atoms with Crippen LogP contribution in [-0.4, -0.2) is 50.7 Å². The summed E-state index contributed by atoms with van der Waals surface area (Å²) in [4.78, 5) is 29.9. The van der Waals surface area contributed by atoms with Gasteiger partial charge in [-0.05, 0) is 54.3 Å². The van der Waals surface area contributed by atoms with Crippen molar-refractivity contribution in [1.82, 2.24) is 9.55 Å². The second-order valence-corrected chi connectivity index (χ2v) is 15.6. The quantitative estimate of drug-likeness (QED) is 0.145. The molecular formula is C27H35FN2O6Si. The summed E-state index contributed by atoms with van der Waals surface area (Å²) in [6, 6.07) is 7.44. The number of hydrogen-bond acceptors (Lipinski definition) is 7. The first-order valence-corrected chi connectivity index (χ1v) is 15.9. The van der Waals surface area contributed by atoms with Crippen molar-refractivity contribution >= 4 is 25.1 Å². The molecular weight excluding hydrogens is 495 g/mol. The highest BCUT2D eigenvalue weighted by Gasteiger charge is 2.24. The highest BCUT2D eigenvalue weighted by Crippen LogP contribution is 2.27. The first-order chi connectivity index (χ1) is 17.6. The highest BCUT2D eigenvalue weighted by molar-refractivity contribution is 6.76. The van der Waals surface area contributed by atoms with Gasteiger partial charge in [0.15, 0.2) is 11.3 Å². The standard InChI is InChI=1S/C27H35FN2O6Si/c1-7-36-27(32)23-25(33-3)24-22(30(2)26(23)31)13-18(15-29-24)12-19-8-9-21(28)14-20(19)16-35-17-34-10-11-37(4,5)6/h8-9,13-15H,7,10-12,16-17H2,1-6H3.